The van der Waals surface area contributed by atoms with Crippen LogP contribution in [0.1, 0.15) is 30.8 Å². The molecule has 1 N–H and O–H groups in total. The number of hydrogen-bond acceptors (Lipinski definition) is 5. The molecule has 1 fully saturated rings. The summed E-state index contributed by atoms with van der Waals surface area (Å²) in [6.45, 7) is 7.96. The van der Waals surface area contributed by atoms with Crippen molar-refractivity contribution in [1.82, 2.24) is 20.4 Å². The molecule has 1 amide bonds. The van der Waals surface area contributed by atoms with E-state index in [0.29, 0.717) is 5.69 Å². The van der Waals surface area contributed by atoms with Crippen LogP contribution in [0.5, 0.6) is 0 Å². The number of rotatable bonds is 4. The number of hydrogen-bond donors (Lipinski definition) is 1. The normalized spacial score (nSPS) is 17.9. The highest BCUT2D eigenvalue weighted by Crippen LogP contribution is 2.12. The van der Waals surface area contributed by atoms with Crippen molar-refractivity contribution in [2.75, 3.05) is 38.1 Å². The van der Waals surface area contributed by atoms with Gasteiger partial charge in [-0.1, -0.05) is 6.92 Å². The lowest BCUT2D eigenvalue weighted by Gasteiger charge is -2.32. The quantitative estimate of drug-likeness (QED) is 0.880. The Hall–Kier alpha value is -1.69. The summed E-state index contributed by atoms with van der Waals surface area (Å²) in [6, 6.07) is 3.78. The molecule has 6 nitrogen and oxygen atoms in total. The molecule has 1 aliphatic rings. The molecule has 2 heterocycles. The van der Waals surface area contributed by atoms with Crippen molar-refractivity contribution >= 4 is 11.7 Å². The molecule has 110 valence electrons. The molecule has 0 aromatic carbocycles. The molecule has 0 aliphatic carbocycles. The Kier molecular flexibility index (Phi) is 4.89. The molecule has 0 saturated carbocycles. The number of carbonyl (C=O) groups is 1. The van der Waals surface area contributed by atoms with Gasteiger partial charge in [-0.25, -0.2) is 0 Å². The van der Waals surface area contributed by atoms with Crippen LogP contribution >= 0.6 is 0 Å². The first-order chi connectivity index (χ1) is 9.60. The second kappa shape index (κ2) is 6.65. The van der Waals surface area contributed by atoms with Crippen molar-refractivity contribution in [2.45, 2.75) is 26.3 Å². The smallest absolute Gasteiger partial charge is 0.272 e. The van der Waals surface area contributed by atoms with Gasteiger partial charge in [-0.05, 0) is 32.5 Å². The lowest BCUT2D eigenvalue weighted by atomic mass is 10.2. The van der Waals surface area contributed by atoms with E-state index in [1.54, 1.807) is 6.07 Å². The molecule has 0 bridgehead atoms. The van der Waals surface area contributed by atoms with E-state index in [1.165, 1.54) is 0 Å². The topological polar surface area (TPSA) is 61.4 Å². The highest BCUT2D eigenvalue weighted by molar-refractivity contribution is 5.92. The zero-order valence-electron chi connectivity index (χ0n) is 12.5. The van der Waals surface area contributed by atoms with Crippen LogP contribution in [-0.4, -0.2) is 60.3 Å². The molecule has 1 aromatic heterocycles. The van der Waals surface area contributed by atoms with Crippen molar-refractivity contribution in [3.8, 4) is 0 Å². The Morgan fingerprint density at radius 3 is 2.55 bits per heavy atom. The Bertz CT molecular complexity index is 439. The van der Waals surface area contributed by atoms with E-state index >= 15 is 0 Å². The van der Waals surface area contributed by atoms with Crippen LogP contribution in [0.2, 0.25) is 0 Å². The van der Waals surface area contributed by atoms with E-state index in [-0.39, 0.29) is 11.9 Å². The Morgan fingerprint density at radius 1 is 1.30 bits per heavy atom. The third kappa shape index (κ3) is 3.66. The zero-order chi connectivity index (χ0) is 14.5. The maximum absolute atomic E-state index is 11.9. The summed E-state index contributed by atoms with van der Waals surface area (Å²) < 4.78 is 0. The fourth-order valence-electron chi connectivity index (χ4n) is 2.05. The molecule has 6 heteroatoms. The van der Waals surface area contributed by atoms with Gasteiger partial charge in [0.2, 0.25) is 0 Å². The van der Waals surface area contributed by atoms with Gasteiger partial charge in [0.25, 0.3) is 5.91 Å². The van der Waals surface area contributed by atoms with Crippen molar-refractivity contribution in [3.05, 3.63) is 17.8 Å². The minimum atomic E-state index is -0.156. The van der Waals surface area contributed by atoms with E-state index in [9.17, 15) is 4.79 Å². The standard InChI is InChI=1S/C14H23N5O/c1-4-11(2)15-14(20)12-5-6-13(17-16-12)19-9-7-18(3)8-10-19/h5-6,11H,4,7-10H2,1-3H3,(H,15,20). The van der Waals surface area contributed by atoms with Gasteiger partial charge < -0.3 is 15.1 Å². The maximum Gasteiger partial charge on any atom is 0.272 e. The van der Waals surface area contributed by atoms with Crippen molar-refractivity contribution in [1.29, 1.82) is 0 Å². The number of likely N-dealkylation sites (N-methyl/N-ethyl adjacent to an activating group) is 1. The zero-order valence-corrected chi connectivity index (χ0v) is 12.5. The fourth-order valence-corrected chi connectivity index (χ4v) is 2.05. The number of anilines is 1. The van der Waals surface area contributed by atoms with Crippen molar-refractivity contribution in [3.63, 3.8) is 0 Å². The van der Waals surface area contributed by atoms with Gasteiger partial charge in [0.15, 0.2) is 11.5 Å². The number of piperazine rings is 1. The average molecular weight is 277 g/mol. The second-order valence-electron chi connectivity index (χ2n) is 5.35. The van der Waals surface area contributed by atoms with Crippen LogP contribution in [0.3, 0.4) is 0 Å². The predicted molar refractivity (Wildman–Crippen MR) is 79.0 cm³/mol. The monoisotopic (exact) mass is 277 g/mol. The molecule has 1 unspecified atom stereocenters. The van der Waals surface area contributed by atoms with Crippen molar-refractivity contribution in [2.24, 2.45) is 0 Å². The molecule has 1 saturated heterocycles. The lowest BCUT2D eigenvalue weighted by molar-refractivity contribution is 0.0933. The third-order valence-electron chi connectivity index (χ3n) is 3.70. The number of nitrogens with zero attached hydrogens (tertiary/aromatic N) is 4. The Balaban J connectivity index is 1.97. The maximum atomic E-state index is 11.9. The molecule has 20 heavy (non-hydrogen) atoms. The van der Waals surface area contributed by atoms with E-state index < -0.39 is 0 Å². The highest BCUT2D eigenvalue weighted by Gasteiger charge is 2.16. The van der Waals surface area contributed by atoms with Crippen LogP contribution in [0.25, 0.3) is 0 Å². The van der Waals surface area contributed by atoms with Crippen LogP contribution < -0.4 is 10.2 Å². The van der Waals surface area contributed by atoms with Crippen molar-refractivity contribution < 1.29 is 4.79 Å². The summed E-state index contributed by atoms with van der Waals surface area (Å²) in [5, 5.41) is 11.1. The molecule has 1 atom stereocenters. The van der Waals surface area contributed by atoms with E-state index in [2.05, 4.69) is 32.4 Å². The average Bonchev–Trinajstić information content (AvgIpc) is 2.48. The molecule has 2 rings (SSSR count). The van der Waals surface area contributed by atoms with E-state index in [1.807, 2.05) is 19.9 Å². The lowest BCUT2D eigenvalue weighted by Crippen LogP contribution is -2.45. The molecule has 1 aliphatic heterocycles. The van der Waals surface area contributed by atoms with Crippen LogP contribution in [0.4, 0.5) is 5.82 Å². The minimum Gasteiger partial charge on any atom is -0.353 e. The van der Waals surface area contributed by atoms with Crippen LogP contribution in [0, 0.1) is 0 Å². The second-order valence-corrected chi connectivity index (χ2v) is 5.35. The van der Waals surface area contributed by atoms with E-state index in [4.69, 9.17) is 0 Å². The number of aromatic nitrogens is 2. The van der Waals surface area contributed by atoms with Gasteiger partial charge in [0.05, 0.1) is 0 Å². The summed E-state index contributed by atoms with van der Waals surface area (Å²) in [6.07, 6.45) is 0.901. The summed E-state index contributed by atoms with van der Waals surface area (Å²) in [7, 11) is 2.12. The largest absolute Gasteiger partial charge is 0.353 e. The first kappa shape index (κ1) is 14.7. The first-order valence-electron chi connectivity index (χ1n) is 7.18. The van der Waals surface area contributed by atoms with Gasteiger partial charge in [-0.3, -0.25) is 4.79 Å². The molecular weight excluding hydrogens is 254 g/mol. The number of carbonyl (C=O) groups excluding carboxylic acids is 1. The SMILES string of the molecule is CCC(C)NC(=O)c1ccc(N2CCN(C)CC2)nn1. The minimum absolute atomic E-state index is 0.154. The van der Waals surface area contributed by atoms with Crippen LogP contribution in [0.15, 0.2) is 12.1 Å². The van der Waals surface area contributed by atoms with Gasteiger partial charge >= 0.3 is 0 Å². The number of amides is 1. The third-order valence-corrected chi connectivity index (χ3v) is 3.70. The van der Waals surface area contributed by atoms with Gasteiger partial charge in [0, 0.05) is 32.2 Å². The molecule has 1 aromatic rings. The predicted octanol–water partition coefficient (Wildman–Crippen LogP) is 0.757. The number of nitrogens with one attached hydrogen (secondary N) is 1. The molecule has 0 radical (unpaired) electrons. The van der Waals surface area contributed by atoms with E-state index in [0.717, 1.165) is 38.4 Å². The summed E-state index contributed by atoms with van der Waals surface area (Å²) in [5.74, 6) is 0.690. The summed E-state index contributed by atoms with van der Waals surface area (Å²) >= 11 is 0. The fraction of sp³-hybridized carbons (Fsp3) is 0.643. The molecule has 0 spiro atoms. The summed E-state index contributed by atoms with van der Waals surface area (Å²) in [4.78, 5) is 16.4. The highest BCUT2D eigenvalue weighted by atomic mass is 16.2. The Morgan fingerprint density at radius 2 is 2.00 bits per heavy atom. The molecular formula is C14H23N5O. The first-order valence-corrected chi connectivity index (χ1v) is 7.18. The van der Waals surface area contributed by atoms with Crippen LogP contribution in [-0.2, 0) is 0 Å². The van der Waals surface area contributed by atoms with Gasteiger partial charge in [0.1, 0.15) is 0 Å². The van der Waals surface area contributed by atoms with Gasteiger partial charge in [-0.2, -0.15) is 0 Å². The Labute approximate surface area is 120 Å². The van der Waals surface area contributed by atoms with Gasteiger partial charge in [-0.15, -0.1) is 10.2 Å². The summed E-state index contributed by atoms with van der Waals surface area (Å²) in [5.41, 5.74) is 0.378.